The van der Waals surface area contributed by atoms with E-state index in [0.29, 0.717) is 37.6 Å². The van der Waals surface area contributed by atoms with Crippen LogP contribution in [0.2, 0.25) is 0 Å². The Morgan fingerprint density at radius 3 is 2.52 bits per heavy atom. The molecule has 0 aliphatic carbocycles. The Morgan fingerprint density at radius 1 is 1.16 bits per heavy atom. The van der Waals surface area contributed by atoms with E-state index >= 15 is 0 Å². The molecule has 1 aromatic carbocycles. The van der Waals surface area contributed by atoms with Crippen molar-refractivity contribution in [2.75, 3.05) is 26.3 Å². The molecule has 0 atom stereocenters. The molecule has 0 unspecified atom stereocenters. The molecule has 0 spiro atoms. The van der Waals surface area contributed by atoms with Crippen LogP contribution in [0.3, 0.4) is 0 Å². The smallest absolute Gasteiger partial charge is 0.271 e. The number of rotatable bonds is 5. The van der Waals surface area contributed by atoms with Gasteiger partial charge in [0, 0.05) is 18.7 Å². The minimum absolute atomic E-state index is 0.144. The summed E-state index contributed by atoms with van der Waals surface area (Å²) in [5.74, 6) is 0.0605. The highest BCUT2D eigenvalue weighted by Crippen LogP contribution is 2.17. The molecule has 1 N–H and O–H groups in total. The molecule has 3 rings (SSSR count). The number of nitrogens with zero attached hydrogens (tertiary/aromatic N) is 2. The van der Waals surface area contributed by atoms with Crippen molar-refractivity contribution in [2.24, 2.45) is 5.10 Å². The van der Waals surface area contributed by atoms with Gasteiger partial charge in [-0.15, -0.1) is 0 Å². The van der Waals surface area contributed by atoms with Gasteiger partial charge in [0.25, 0.3) is 5.91 Å². The maximum atomic E-state index is 12.5. The van der Waals surface area contributed by atoms with Gasteiger partial charge in [-0.25, -0.2) is 13.8 Å². The van der Waals surface area contributed by atoms with Crippen molar-refractivity contribution >= 4 is 22.1 Å². The number of sulfonamides is 1. The zero-order valence-electron chi connectivity index (χ0n) is 13.3. The Labute approximate surface area is 145 Å². The quantitative estimate of drug-likeness (QED) is 0.632. The van der Waals surface area contributed by atoms with E-state index < -0.39 is 15.9 Å². The van der Waals surface area contributed by atoms with Gasteiger partial charge in [-0.1, -0.05) is 0 Å². The number of furan rings is 1. The molecule has 1 amide bonds. The number of amides is 1. The van der Waals surface area contributed by atoms with E-state index in [1.165, 1.54) is 41.0 Å². The molecule has 1 aromatic heterocycles. The molecule has 25 heavy (non-hydrogen) atoms. The minimum Gasteiger partial charge on any atom is -0.463 e. The van der Waals surface area contributed by atoms with Gasteiger partial charge in [0.2, 0.25) is 10.0 Å². The summed E-state index contributed by atoms with van der Waals surface area (Å²) in [7, 11) is -3.57. The summed E-state index contributed by atoms with van der Waals surface area (Å²) in [5, 5.41) is 3.78. The number of carbonyl (C=O) groups excluding carboxylic acids is 1. The summed E-state index contributed by atoms with van der Waals surface area (Å²) < 4.78 is 36.6. The average Bonchev–Trinajstić information content (AvgIpc) is 3.16. The van der Waals surface area contributed by atoms with Crippen LogP contribution in [-0.2, 0) is 14.8 Å². The first-order chi connectivity index (χ1) is 12.1. The van der Waals surface area contributed by atoms with Crippen LogP contribution in [0, 0.1) is 0 Å². The van der Waals surface area contributed by atoms with Crippen molar-refractivity contribution in [3.8, 4) is 0 Å². The van der Waals surface area contributed by atoms with E-state index in [4.69, 9.17) is 9.15 Å². The molecular weight excluding hydrogens is 346 g/mol. The molecule has 1 aliphatic heterocycles. The van der Waals surface area contributed by atoms with E-state index in [9.17, 15) is 13.2 Å². The lowest BCUT2D eigenvalue weighted by molar-refractivity contribution is 0.0730. The van der Waals surface area contributed by atoms with Crippen LogP contribution in [0.4, 0.5) is 0 Å². The van der Waals surface area contributed by atoms with Gasteiger partial charge in [0.05, 0.1) is 30.6 Å². The molecule has 8 nitrogen and oxygen atoms in total. The molecule has 1 saturated heterocycles. The number of benzene rings is 1. The van der Waals surface area contributed by atoms with E-state index in [0.717, 1.165) is 0 Å². The van der Waals surface area contributed by atoms with E-state index in [1.807, 2.05) is 0 Å². The minimum atomic E-state index is -3.57. The second-order valence-corrected chi connectivity index (χ2v) is 7.19. The number of carbonyl (C=O) groups is 1. The van der Waals surface area contributed by atoms with Crippen molar-refractivity contribution in [1.82, 2.24) is 9.73 Å². The van der Waals surface area contributed by atoms with Crippen LogP contribution in [0.15, 0.2) is 57.1 Å². The molecule has 132 valence electrons. The number of nitrogens with one attached hydrogen (secondary N) is 1. The van der Waals surface area contributed by atoms with Crippen LogP contribution in [0.5, 0.6) is 0 Å². The molecular formula is C16H17N3O5S. The van der Waals surface area contributed by atoms with Gasteiger partial charge < -0.3 is 9.15 Å². The Balaban J connectivity index is 1.66. The van der Waals surface area contributed by atoms with E-state index in [1.54, 1.807) is 12.1 Å². The zero-order valence-corrected chi connectivity index (χ0v) is 14.1. The number of hydrogen-bond donors (Lipinski definition) is 1. The summed E-state index contributed by atoms with van der Waals surface area (Å²) in [6, 6.07) is 9.12. The summed E-state index contributed by atoms with van der Waals surface area (Å²) in [4.78, 5) is 12.1. The van der Waals surface area contributed by atoms with Gasteiger partial charge in [0.1, 0.15) is 5.76 Å². The second kappa shape index (κ2) is 7.60. The van der Waals surface area contributed by atoms with Gasteiger partial charge in [0.15, 0.2) is 0 Å². The lowest BCUT2D eigenvalue weighted by atomic mass is 10.2. The molecule has 1 fully saturated rings. The largest absolute Gasteiger partial charge is 0.463 e. The highest BCUT2D eigenvalue weighted by molar-refractivity contribution is 7.89. The highest BCUT2D eigenvalue weighted by Gasteiger charge is 2.26. The first-order valence-corrected chi connectivity index (χ1v) is 9.06. The van der Waals surface area contributed by atoms with Crippen LogP contribution in [0.1, 0.15) is 16.1 Å². The Morgan fingerprint density at radius 2 is 1.88 bits per heavy atom. The van der Waals surface area contributed by atoms with Crippen LogP contribution in [0.25, 0.3) is 0 Å². The molecule has 9 heteroatoms. The third kappa shape index (κ3) is 4.13. The van der Waals surface area contributed by atoms with Crippen molar-refractivity contribution in [3.63, 3.8) is 0 Å². The Hall–Kier alpha value is -2.49. The lowest BCUT2D eigenvalue weighted by Crippen LogP contribution is -2.40. The average molecular weight is 363 g/mol. The summed E-state index contributed by atoms with van der Waals surface area (Å²) >= 11 is 0. The van der Waals surface area contributed by atoms with Gasteiger partial charge >= 0.3 is 0 Å². The van der Waals surface area contributed by atoms with Crippen molar-refractivity contribution < 1.29 is 22.4 Å². The maximum absolute atomic E-state index is 12.5. The monoisotopic (exact) mass is 363 g/mol. The molecule has 0 bridgehead atoms. The summed E-state index contributed by atoms with van der Waals surface area (Å²) in [6.45, 7) is 1.42. The molecule has 2 heterocycles. The summed E-state index contributed by atoms with van der Waals surface area (Å²) in [6.07, 6.45) is 2.87. The third-order valence-corrected chi connectivity index (χ3v) is 5.54. The van der Waals surface area contributed by atoms with Gasteiger partial charge in [-0.2, -0.15) is 9.41 Å². The van der Waals surface area contributed by atoms with Crippen LogP contribution in [-0.4, -0.2) is 51.1 Å². The topological polar surface area (TPSA) is 101 Å². The van der Waals surface area contributed by atoms with Crippen molar-refractivity contribution in [2.45, 2.75) is 4.90 Å². The fraction of sp³-hybridized carbons (Fsp3) is 0.250. The highest BCUT2D eigenvalue weighted by atomic mass is 32.2. The molecule has 0 radical (unpaired) electrons. The Kier molecular flexibility index (Phi) is 5.27. The van der Waals surface area contributed by atoms with Crippen LogP contribution < -0.4 is 5.43 Å². The zero-order chi connectivity index (χ0) is 17.7. The van der Waals surface area contributed by atoms with Crippen molar-refractivity contribution in [1.29, 1.82) is 0 Å². The lowest BCUT2D eigenvalue weighted by Gasteiger charge is -2.26. The number of morpholine rings is 1. The summed E-state index contributed by atoms with van der Waals surface area (Å²) in [5.41, 5.74) is 2.66. The number of ether oxygens (including phenoxy) is 1. The van der Waals surface area contributed by atoms with Crippen molar-refractivity contribution in [3.05, 3.63) is 54.0 Å². The number of hydrazone groups is 1. The van der Waals surface area contributed by atoms with Crippen LogP contribution >= 0.6 is 0 Å². The fourth-order valence-electron chi connectivity index (χ4n) is 2.30. The molecule has 0 saturated carbocycles. The first kappa shape index (κ1) is 17.3. The second-order valence-electron chi connectivity index (χ2n) is 5.26. The van der Waals surface area contributed by atoms with Gasteiger partial charge in [-0.3, -0.25) is 4.79 Å². The SMILES string of the molecule is O=C(N/N=C\c1ccco1)c1ccc(S(=O)(=O)N2CCOCC2)cc1. The molecule has 2 aromatic rings. The first-order valence-electron chi connectivity index (χ1n) is 7.62. The third-order valence-electron chi connectivity index (χ3n) is 3.63. The fourth-order valence-corrected chi connectivity index (χ4v) is 3.71. The van der Waals surface area contributed by atoms with E-state index in [2.05, 4.69) is 10.5 Å². The predicted octanol–water partition coefficient (Wildman–Crippen LogP) is 1.06. The standard InChI is InChI=1S/C16H17N3O5S/c20-16(18-17-12-14-2-1-9-24-14)13-3-5-15(6-4-13)25(21,22)19-7-10-23-11-8-19/h1-6,9,12H,7-8,10-11H2,(H,18,20)/b17-12-. The van der Waals surface area contributed by atoms with Gasteiger partial charge in [-0.05, 0) is 36.4 Å². The molecule has 1 aliphatic rings. The normalized spacial score (nSPS) is 16.2. The predicted molar refractivity (Wildman–Crippen MR) is 89.8 cm³/mol. The van der Waals surface area contributed by atoms with E-state index in [-0.39, 0.29) is 4.90 Å². The number of hydrogen-bond acceptors (Lipinski definition) is 6. The Bertz CT molecular complexity index is 838. The maximum Gasteiger partial charge on any atom is 0.271 e.